The number of hydrogen-bond donors (Lipinski definition) is 2. The lowest BCUT2D eigenvalue weighted by molar-refractivity contribution is 0.881. The molecule has 0 aliphatic carbocycles. The first-order valence-corrected chi connectivity index (χ1v) is 4.84. The van der Waals surface area contributed by atoms with E-state index in [2.05, 4.69) is 31.2 Å². The molecule has 1 aromatic carbocycles. The Labute approximate surface area is 97.2 Å². The first-order chi connectivity index (χ1) is 8.31. The molecule has 0 aliphatic rings. The van der Waals surface area contributed by atoms with Gasteiger partial charge in [0.05, 0.1) is 5.69 Å². The van der Waals surface area contributed by atoms with Gasteiger partial charge in [-0.1, -0.05) is 18.2 Å². The van der Waals surface area contributed by atoms with Crippen LogP contribution in [-0.4, -0.2) is 26.3 Å². The van der Waals surface area contributed by atoms with Gasteiger partial charge in [0.15, 0.2) is 0 Å². The van der Waals surface area contributed by atoms with Gasteiger partial charge >= 0.3 is 0 Å². The monoisotopic (exact) mass is 227 g/mol. The molecule has 2 aromatic rings. The molecule has 0 spiro atoms. The van der Waals surface area contributed by atoms with Crippen molar-refractivity contribution in [3.63, 3.8) is 0 Å². The van der Waals surface area contributed by atoms with E-state index in [1.54, 1.807) is 0 Å². The second-order valence-electron chi connectivity index (χ2n) is 3.23. The highest BCUT2D eigenvalue weighted by Gasteiger charge is 2.07. The highest BCUT2D eigenvalue weighted by Crippen LogP contribution is 2.12. The molecule has 1 heterocycles. The molecule has 2 N–H and O–H groups in total. The molecule has 0 amide bonds. The van der Waals surface area contributed by atoms with E-state index >= 15 is 0 Å². The van der Waals surface area contributed by atoms with Gasteiger partial charge in [0.2, 0.25) is 11.5 Å². The van der Waals surface area contributed by atoms with E-state index in [4.69, 9.17) is 5.26 Å². The van der Waals surface area contributed by atoms with E-state index in [0.717, 1.165) is 11.3 Å². The molecule has 2 rings (SSSR count). The number of anilines is 1. The van der Waals surface area contributed by atoms with Crippen LogP contribution < -0.4 is 5.43 Å². The first kappa shape index (κ1) is 10.8. The third-order valence-electron chi connectivity index (χ3n) is 2.10. The number of tetrazole rings is 1. The van der Waals surface area contributed by atoms with Crippen molar-refractivity contribution < 1.29 is 0 Å². The zero-order chi connectivity index (χ0) is 12.1. The largest absolute Gasteiger partial charge is 0.277 e. The van der Waals surface area contributed by atoms with Gasteiger partial charge in [0.1, 0.15) is 6.07 Å². The number of rotatable bonds is 3. The molecule has 0 fully saturated rings. The SMILES string of the molecule is Cc1ccccc1N/N=C(\C#N)c1nn[nH]n1. The van der Waals surface area contributed by atoms with Gasteiger partial charge in [-0.25, -0.2) is 0 Å². The molecule has 0 saturated heterocycles. The van der Waals surface area contributed by atoms with Crippen molar-refractivity contribution in [3.05, 3.63) is 35.7 Å². The van der Waals surface area contributed by atoms with Crippen LogP contribution in [0.15, 0.2) is 29.4 Å². The van der Waals surface area contributed by atoms with E-state index in [-0.39, 0.29) is 11.5 Å². The molecular weight excluding hydrogens is 218 g/mol. The number of H-pyrrole nitrogens is 1. The molecule has 0 bridgehead atoms. The Bertz CT molecular complexity index is 565. The molecule has 0 aliphatic heterocycles. The molecule has 0 radical (unpaired) electrons. The van der Waals surface area contributed by atoms with Crippen LogP contribution in [0.5, 0.6) is 0 Å². The van der Waals surface area contributed by atoms with E-state index in [1.807, 2.05) is 37.3 Å². The van der Waals surface area contributed by atoms with Gasteiger partial charge in [-0.3, -0.25) is 5.43 Å². The number of nitrogens with zero attached hydrogens (tertiary/aromatic N) is 5. The molecule has 0 saturated carbocycles. The Morgan fingerprint density at radius 2 is 2.29 bits per heavy atom. The predicted molar refractivity (Wildman–Crippen MR) is 61.1 cm³/mol. The van der Waals surface area contributed by atoms with Crippen molar-refractivity contribution in [2.24, 2.45) is 5.10 Å². The number of nitrogens with one attached hydrogen (secondary N) is 2. The summed E-state index contributed by atoms with van der Waals surface area (Å²) in [6.45, 7) is 1.94. The van der Waals surface area contributed by atoms with Gasteiger partial charge < -0.3 is 0 Å². The topological polar surface area (TPSA) is 103 Å². The molecular formula is C10H9N7. The van der Waals surface area contributed by atoms with Gasteiger partial charge in [0, 0.05) is 0 Å². The van der Waals surface area contributed by atoms with Crippen LogP contribution in [0.4, 0.5) is 5.69 Å². The third kappa shape index (κ3) is 2.43. The maximum atomic E-state index is 8.90. The van der Waals surface area contributed by atoms with Crippen molar-refractivity contribution in [1.29, 1.82) is 5.26 Å². The van der Waals surface area contributed by atoms with Crippen molar-refractivity contribution in [2.45, 2.75) is 6.92 Å². The Morgan fingerprint density at radius 1 is 1.47 bits per heavy atom. The second kappa shape index (κ2) is 4.85. The van der Waals surface area contributed by atoms with Crippen LogP contribution in [0.1, 0.15) is 11.4 Å². The fraction of sp³-hybridized carbons (Fsp3) is 0.100. The number of nitriles is 1. The Kier molecular flexibility index (Phi) is 3.07. The van der Waals surface area contributed by atoms with Gasteiger partial charge in [-0.15, -0.1) is 10.2 Å². The minimum Gasteiger partial charge on any atom is -0.277 e. The van der Waals surface area contributed by atoms with Gasteiger partial charge in [0.25, 0.3) is 0 Å². The van der Waals surface area contributed by atoms with E-state index in [1.165, 1.54) is 0 Å². The minimum absolute atomic E-state index is 0.0713. The standard InChI is InChI=1S/C10H9N7/c1-7-4-2-3-5-8(7)12-13-9(6-11)10-14-16-17-15-10/h2-5,12H,1H3,(H,14,15,16,17)/b13-9+. The summed E-state index contributed by atoms with van der Waals surface area (Å²) >= 11 is 0. The summed E-state index contributed by atoms with van der Waals surface area (Å²) in [6, 6.07) is 9.51. The zero-order valence-corrected chi connectivity index (χ0v) is 9.05. The zero-order valence-electron chi connectivity index (χ0n) is 9.05. The van der Waals surface area contributed by atoms with Crippen LogP contribution in [-0.2, 0) is 0 Å². The highest BCUT2D eigenvalue weighted by molar-refractivity contribution is 6.09. The van der Waals surface area contributed by atoms with Crippen molar-refractivity contribution in [1.82, 2.24) is 20.6 Å². The third-order valence-corrected chi connectivity index (χ3v) is 2.10. The number of hydrogen-bond acceptors (Lipinski definition) is 6. The number of aromatic amines is 1. The Morgan fingerprint density at radius 3 is 2.94 bits per heavy atom. The summed E-state index contributed by atoms with van der Waals surface area (Å²) in [5.41, 5.74) is 4.72. The summed E-state index contributed by atoms with van der Waals surface area (Å²) < 4.78 is 0. The Balaban J connectivity index is 2.21. The minimum atomic E-state index is 0.0713. The summed E-state index contributed by atoms with van der Waals surface area (Å²) in [4.78, 5) is 0. The summed E-state index contributed by atoms with van der Waals surface area (Å²) in [7, 11) is 0. The fourth-order valence-corrected chi connectivity index (χ4v) is 1.20. The van der Waals surface area contributed by atoms with Gasteiger partial charge in [-0.2, -0.15) is 15.6 Å². The molecule has 0 atom stereocenters. The number of para-hydroxylation sites is 1. The normalized spacial score (nSPS) is 10.9. The highest BCUT2D eigenvalue weighted by atomic mass is 15.5. The van der Waals surface area contributed by atoms with Gasteiger partial charge in [-0.05, 0) is 23.8 Å². The molecule has 17 heavy (non-hydrogen) atoms. The molecule has 1 aromatic heterocycles. The number of hydrazone groups is 1. The van der Waals surface area contributed by atoms with Crippen molar-refractivity contribution in [2.75, 3.05) is 5.43 Å². The maximum Gasteiger partial charge on any atom is 0.235 e. The summed E-state index contributed by atoms with van der Waals surface area (Å²) in [5, 5.41) is 25.8. The predicted octanol–water partition coefficient (Wildman–Crippen LogP) is 0.848. The van der Waals surface area contributed by atoms with Crippen molar-refractivity contribution in [3.8, 4) is 6.07 Å². The lowest BCUT2D eigenvalue weighted by Gasteiger charge is -2.03. The molecule has 7 nitrogen and oxygen atoms in total. The Hall–Kier alpha value is -2.75. The average molecular weight is 227 g/mol. The maximum absolute atomic E-state index is 8.90. The lowest BCUT2D eigenvalue weighted by atomic mass is 10.2. The molecule has 84 valence electrons. The van der Waals surface area contributed by atoms with E-state index in [9.17, 15) is 0 Å². The summed E-state index contributed by atoms with van der Waals surface area (Å²) in [6.07, 6.45) is 0. The van der Waals surface area contributed by atoms with E-state index in [0.29, 0.717) is 0 Å². The number of aryl methyl sites for hydroxylation is 1. The van der Waals surface area contributed by atoms with Crippen LogP contribution in [0, 0.1) is 18.3 Å². The number of benzene rings is 1. The lowest BCUT2D eigenvalue weighted by Crippen LogP contribution is -2.04. The van der Waals surface area contributed by atoms with Crippen LogP contribution in [0.25, 0.3) is 0 Å². The van der Waals surface area contributed by atoms with Crippen LogP contribution in [0.3, 0.4) is 0 Å². The van der Waals surface area contributed by atoms with Crippen LogP contribution in [0.2, 0.25) is 0 Å². The second-order valence-corrected chi connectivity index (χ2v) is 3.23. The number of aromatic nitrogens is 4. The molecule has 7 heteroatoms. The van der Waals surface area contributed by atoms with Crippen molar-refractivity contribution >= 4 is 11.4 Å². The van der Waals surface area contributed by atoms with Crippen LogP contribution >= 0.6 is 0 Å². The molecule has 0 unspecified atom stereocenters. The van der Waals surface area contributed by atoms with E-state index < -0.39 is 0 Å². The summed E-state index contributed by atoms with van der Waals surface area (Å²) in [5.74, 6) is 0.161. The smallest absolute Gasteiger partial charge is 0.235 e. The fourth-order valence-electron chi connectivity index (χ4n) is 1.20. The first-order valence-electron chi connectivity index (χ1n) is 4.84. The average Bonchev–Trinajstić information content (AvgIpc) is 2.86. The quantitative estimate of drug-likeness (QED) is 0.597.